The van der Waals surface area contributed by atoms with Crippen LogP contribution in [-0.4, -0.2) is 19.6 Å². The zero-order valence-electron chi connectivity index (χ0n) is 8.39. The molecular formula is C12H13ClN2. The van der Waals surface area contributed by atoms with Gasteiger partial charge in [0.2, 0.25) is 0 Å². The van der Waals surface area contributed by atoms with Gasteiger partial charge in [-0.1, -0.05) is 23.8 Å². The summed E-state index contributed by atoms with van der Waals surface area (Å²) in [4.78, 5) is 0. The van der Waals surface area contributed by atoms with Gasteiger partial charge in [-0.2, -0.15) is 0 Å². The summed E-state index contributed by atoms with van der Waals surface area (Å²) in [5, 5.41) is 7.66. The van der Waals surface area contributed by atoms with Crippen LogP contribution >= 0.6 is 11.6 Å². The van der Waals surface area contributed by atoms with Crippen molar-refractivity contribution in [2.24, 2.45) is 0 Å². The minimum Gasteiger partial charge on any atom is -0.384 e. The number of anilines is 1. The van der Waals surface area contributed by atoms with E-state index in [1.165, 1.54) is 11.3 Å². The molecule has 0 bridgehead atoms. The predicted octanol–water partition coefficient (Wildman–Crippen LogP) is 2.16. The van der Waals surface area contributed by atoms with Crippen molar-refractivity contribution in [2.45, 2.75) is 5.41 Å². The average Bonchev–Trinajstić information content (AvgIpc) is 2.59. The zero-order valence-corrected chi connectivity index (χ0v) is 9.14. The third kappa shape index (κ3) is 1.36. The molecule has 2 aliphatic rings. The van der Waals surface area contributed by atoms with Crippen molar-refractivity contribution in [2.75, 3.05) is 25.0 Å². The van der Waals surface area contributed by atoms with Crippen molar-refractivity contribution in [1.29, 1.82) is 0 Å². The molecule has 0 aromatic heterocycles. The highest BCUT2D eigenvalue weighted by molar-refractivity contribution is 6.30. The van der Waals surface area contributed by atoms with Gasteiger partial charge < -0.3 is 10.6 Å². The molecule has 2 heterocycles. The van der Waals surface area contributed by atoms with Crippen LogP contribution in [0.1, 0.15) is 5.56 Å². The van der Waals surface area contributed by atoms with Crippen LogP contribution in [0.25, 0.3) is 0 Å². The second-order valence-corrected chi connectivity index (χ2v) is 4.67. The van der Waals surface area contributed by atoms with E-state index in [0.29, 0.717) is 0 Å². The van der Waals surface area contributed by atoms with Crippen molar-refractivity contribution in [1.82, 2.24) is 5.32 Å². The van der Waals surface area contributed by atoms with Crippen LogP contribution in [0.5, 0.6) is 0 Å². The smallest absolute Gasteiger partial charge is 0.0451 e. The van der Waals surface area contributed by atoms with E-state index in [2.05, 4.69) is 34.9 Å². The fraction of sp³-hybridized carbons (Fsp3) is 0.333. The van der Waals surface area contributed by atoms with E-state index in [9.17, 15) is 0 Å². The third-order valence-corrected chi connectivity index (χ3v) is 3.49. The van der Waals surface area contributed by atoms with Gasteiger partial charge >= 0.3 is 0 Å². The SMILES string of the molecule is Clc1ccc2c(c1)[C@]1(C=CCNC1)CN2. The highest BCUT2D eigenvalue weighted by atomic mass is 35.5. The Balaban J connectivity index is 2.13. The zero-order chi connectivity index (χ0) is 10.3. The molecule has 0 saturated carbocycles. The van der Waals surface area contributed by atoms with Crippen LogP contribution in [0.3, 0.4) is 0 Å². The highest BCUT2D eigenvalue weighted by Crippen LogP contribution is 2.39. The molecule has 0 saturated heterocycles. The van der Waals surface area contributed by atoms with Crippen molar-refractivity contribution >= 4 is 17.3 Å². The number of hydrogen-bond donors (Lipinski definition) is 2. The summed E-state index contributed by atoms with van der Waals surface area (Å²) in [7, 11) is 0. The Morgan fingerprint density at radius 3 is 3.00 bits per heavy atom. The Labute approximate surface area is 94.3 Å². The van der Waals surface area contributed by atoms with Gasteiger partial charge in [0.15, 0.2) is 0 Å². The second-order valence-electron chi connectivity index (χ2n) is 4.23. The van der Waals surface area contributed by atoms with E-state index >= 15 is 0 Å². The summed E-state index contributed by atoms with van der Waals surface area (Å²) in [6.07, 6.45) is 4.50. The average molecular weight is 221 g/mol. The molecule has 15 heavy (non-hydrogen) atoms. The standard InChI is InChI=1S/C12H13ClN2/c13-9-2-3-11-10(6-9)12(8-15-11)4-1-5-14-7-12/h1-4,6,14-15H,5,7-8H2/t12-/m0/s1. The van der Waals surface area contributed by atoms with E-state index in [0.717, 1.165) is 24.7 Å². The molecule has 0 fully saturated rings. The first-order valence-electron chi connectivity index (χ1n) is 5.23. The molecule has 78 valence electrons. The molecule has 1 atom stereocenters. The van der Waals surface area contributed by atoms with E-state index in [1.54, 1.807) is 0 Å². The number of fused-ring (bicyclic) bond motifs is 2. The van der Waals surface area contributed by atoms with Crippen LogP contribution in [-0.2, 0) is 5.41 Å². The molecule has 2 N–H and O–H groups in total. The first kappa shape index (κ1) is 9.25. The quantitative estimate of drug-likeness (QED) is 0.655. The molecule has 1 aromatic rings. The number of nitrogens with one attached hydrogen (secondary N) is 2. The minimum absolute atomic E-state index is 0.110. The number of rotatable bonds is 0. The normalized spacial score (nSPS) is 27.8. The van der Waals surface area contributed by atoms with Crippen molar-refractivity contribution < 1.29 is 0 Å². The van der Waals surface area contributed by atoms with Crippen LogP contribution in [0.15, 0.2) is 30.4 Å². The molecule has 0 aliphatic carbocycles. The molecule has 3 heteroatoms. The first-order valence-corrected chi connectivity index (χ1v) is 5.60. The number of benzene rings is 1. The lowest BCUT2D eigenvalue weighted by atomic mass is 9.80. The number of hydrogen-bond acceptors (Lipinski definition) is 2. The minimum atomic E-state index is 0.110. The van der Waals surface area contributed by atoms with E-state index in [1.807, 2.05) is 6.07 Å². The maximum absolute atomic E-state index is 6.05. The van der Waals surface area contributed by atoms with Gasteiger partial charge in [-0.15, -0.1) is 0 Å². The van der Waals surface area contributed by atoms with E-state index in [4.69, 9.17) is 11.6 Å². The summed E-state index contributed by atoms with van der Waals surface area (Å²) in [6.45, 7) is 2.92. The van der Waals surface area contributed by atoms with Gasteiger partial charge in [-0.05, 0) is 23.8 Å². The molecule has 0 radical (unpaired) electrons. The Hall–Kier alpha value is -0.990. The van der Waals surface area contributed by atoms with Crippen LogP contribution in [0, 0.1) is 0 Å². The van der Waals surface area contributed by atoms with Crippen molar-refractivity contribution in [3.8, 4) is 0 Å². The Morgan fingerprint density at radius 1 is 1.27 bits per heavy atom. The maximum Gasteiger partial charge on any atom is 0.0451 e. The Morgan fingerprint density at radius 2 is 2.20 bits per heavy atom. The lowest BCUT2D eigenvalue weighted by molar-refractivity contribution is 0.513. The summed E-state index contributed by atoms with van der Waals surface area (Å²) in [5.74, 6) is 0. The van der Waals surface area contributed by atoms with Crippen LogP contribution in [0.2, 0.25) is 5.02 Å². The van der Waals surface area contributed by atoms with Gasteiger partial charge in [-0.25, -0.2) is 0 Å². The lowest BCUT2D eigenvalue weighted by Crippen LogP contribution is -2.41. The highest BCUT2D eigenvalue weighted by Gasteiger charge is 2.37. The summed E-state index contributed by atoms with van der Waals surface area (Å²) in [6, 6.07) is 6.08. The van der Waals surface area contributed by atoms with Gasteiger partial charge in [0.25, 0.3) is 0 Å². The molecule has 1 aromatic carbocycles. The summed E-state index contributed by atoms with van der Waals surface area (Å²) < 4.78 is 0. The molecule has 1 spiro atoms. The van der Waals surface area contributed by atoms with Gasteiger partial charge in [0.1, 0.15) is 0 Å². The first-order chi connectivity index (χ1) is 7.30. The van der Waals surface area contributed by atoms with Gasteiger partial charge in [0.05, 0.1) is 0 Å². The topological polar surface area (TPSA) is 24.1 Å². The molecule has 3 rings (SSSR count). The molecule has 0 unspecified atom stereocenters. The second kappa shape index (κ2) is 3.26. The fourth-order valence-corrected chi connectivity index (χ4v) is 2.63. The largest absolute Gasteiger partial charge is 0.384 e. The van der Waals surface area contributed by atoms with Crippen LogP contribution in [0.4, 0.5) is 5.69 Å². The summed E-state index contributed by atoms with van der Waals surface area (Å²) >= 11 is 6.05. The fourth-order valence-electron chi connectivity index (χ4n) is 2.46. The molecular weight excluding hydrogens is 208 g/mol. The predicted molar refractivity (Wildman–Crippen MR) is 63.6 cm³/mol. The molecule has 2 aliphatic heterocycles. The maximum atomic E-state index is 6.05. The van der Waals surface area contributed by atoms with Gasteiger partial charge in [-0.3, -0.25) is 0 Å². The number of halogens is 1. The Bertz CT molecular complexity index is 428. The van der Waals surface area contributed by atoms with Crippen molar-refractivity contribution in [3.05, 3.63) is 40.9 Å². The molecule has 2 nitrogen and oxygen atoms in total. The van der Waals surface area contributed by atoms with Gasteiger partial charge in [0, 0.05) is 35.8 Å². The summed E-state index contributed by atoms with van der Waals surface area (Å²) in [5.41, 5.74) is 2.64. The van der Waals surface area contributed by atoms with E-state index < -0.39 is 0 Å². The lowest BCUT2D eigenvalue weighted by Gasteiger charge is -2.29. The monoisotopic (exact) mass is 220 g/mol. The third-order valence-electron chi connectivity index (χ3n) is 3.25. The van der Waals surface area contributed by atoms with Crippen LogP contribution < -0.4 is 10.6 Å². The van der Waals surface area contributed by atoms with Crippen molar-refractivity contribution in [3.63, 3.8) is 0 Å². The molecule has 0 amide bonds. The Kier molecular flexibility index (Phi) is 2.01. The van der Waals surface area contributed by atoms with E-state index in [-0.39, 0.29) is 5.41 Å².